The van der Waals surface area contributed by atoms with E-state index in [2.05, 4.69) is 17.0 Å². The van der Waals surface area contributed by atoms with Gasteiger partial charge in [-0.15, -0.1) is 13.2 Å². The first-order valence-corrected chi connectivity index (χ1v) is 7.35. The third-order valence-electron chi connectivity index (χ3n) is 2.91. The highest BCUT2D eigenvalue weighted by atomic mass is 32.2. The van der Waals surface area contributed by atoms with E-state index in [0.717, 1.165) is 35.6 Å². The molecule has 1 aromatic rings. The predicted octanol–water partition coefficient (Wildman–Crippen LogP) is 3.87. The lowest BCUT2D eigenvalue weighted by Gasteiger charge is -2.26. The zero-order chi connectivity index (χ0) is 13.9. The van der Waals surface area contributed by atoms with Gasteiger partial charge in [-0.3, -0.25) is 0 Å². The number of alkyl halides is 3. The largest absolute Gasteiger partial charge is 0.573 e. The van der Waals surface area contributed by atoms with Crippen LogP contribution in [0.1, 0.15) is 30.5 Å². The lowest BCUT2D eigenvalue weighted by molar-refractivity contribution is -0.274. The van der Waals surface area contributed by atoms with E-state index in [1.807, 2.05) is 0 Å². The van der Waals surface area contributed by atoms with Gasteiger partial charge in [0.05, 0.1) is 0 Å². The first-order valence-electron chi connectivity index (χ1n) is 6.19. The Morgan fingerprint density at radius 3 is 2.89 bits per heavy atom. The van der Waals surface area contributed by atoms with Crippen molar-refractivity contribution in [2.24, 2.45) is 0 Å². The zero-order valence-corrected chi connectivity index (χ0v) is 11.4. The molecule has 0 spiro atoms. The number of hydrogen-bond acceptors (Lipinski definition) is 3. The highest BCUT2D eigenvalue weighted by Gasteiger charge is 2.32. The van der Waals surface area contributed by atoms with E-state index in [9.17, 15) is 13.2 Å². The molecule has 106 valence electrons. The number of thioether (sulfide) groups is 1. The molecule has 1 aliphatic rings. The van der Waals surface area contributed by atoms with Gasteiger partial charge in [-0.1, -0.05) is 13.0 Å². The van der Waals surface area contributed by atoms with Crippen LogP contribution in [0.4, 0.5) is 13.2 Å². The van der Waals surface area contributed by atoms with Crippen LogP contribution >= 0.6 is 11.8 Å². The summed E-state index contributed by atoms with van der Waals surface area (Å²) in [5, 5.41) is 3.36. The van der Waals surface area contributed by atoms with E-state index in [1.165, 1.54) is 12.1 Å². The molecule has 0 aliphatic carbocycles. The minimum Gasteiger partial charge on any atom is -0.406 e. The summed E-state index contributed by atoms with van der Waals surface area (Å²) in [6.07, 6.45) is -3.64. The molecular weight excluding hydrogens is 275 g/mol. The molecule has 1 aliphatic heterocycles. The Morgan fingerprint density at radius 1 is 1.42 bits per heavy atom. The average molecular weight is 291 g/mol. The first-order chi connectivity index (χ1) is 8.99. The van der Waals surface area contributed by atoms with Crippen LogP contribution in [0, 0.1) is 0 Å². The summed E-state index contributed by atoms with van der Waals surface area (Å²) in [6, 6.07) is 4.72. The van der Waals surface area contributed by atoms with Crippen molar-refractivity contribution in [3.8, 4) is 5.75 Å². The summed E-state index contributed by atoms with van der Waals surface area (Å²) in [5.74, 6) is 1.58. The SMILES string of the molecule is CCCNC1CSCc2ccc(OC(F)(F)F)cc21. The van der Waals surface area contributed by atoms with Crippen LogP contribution in [-0.4, -0.2) is 18.7 Å². The van der Waals surface area contributed by atoms with E-state index < -0.39 is 6.36 Å². The molecular formula is C13H16F3NOS. The maximum Gasteiger partial charge on any atom is 0.573 e. The average Bonchev–Trinajstić information content (AvgIpc) is 2.34. The first kappa shape index (κ1) is 14.5. The fourth-order valence-electron chi connectivity index (χ4n) is 2.09. The van der Waals surface area contributed by atoms with Crippen molar-refractivity contribution in [3.63, 3.8) is 0 Å². The fraction of sp³-hybridized carbons (Fsp3) is 0.538. The minimum absolute atomic E-state index is 0.102. The van der Waals surface area contributed by atoms with Crippen LogP contribution < -0.4 is 10.1 Å². The van der Waals surface area contributed by atoms with Crippen molar-refractivity contribution in [1.29, 1.82) is 0 Å². The molecule has 0 saturated carbocycles. The van der Waals surface area contributed by atoms with Crippen LogP contribution in [0.5, 0.6) is 5.75 Å². The van der Waals surface area contributed by atoms with Gasteiger partial charge >= 0.3 is 6.36 Å². The second-order valence-electron chi connectivity index (χ2n) is 4.43. The number of ether oxygens (including phenoxy) is 1. The van der Waals surface area contributed by atoms with Gasteiger partial charge in [-0.25, -0.2) is 0 Å². The Hall–Kier alpha value is -0.880. The van der Waals surface area contributed by atoms with E-state index in [-0.39, 0.29) is 11.8 Å². The topological polar surface area (TPSA) is 21.3 Å². The Bertz CT molecular complexity index is 436. The maximum absolute atomic E-state index is 12.2. The number of halogens is 3. The van der Waals surface area contributed by atoms with Crippen molar-refractivity contribution in [2.75, 3.05) is 12.3 Å². The Labute approximate surface area is 114 Å². The number of rotatable bonds is 4. The number of hydrogen-bond donors (Lipinski definition) is 1. The standard InChI is InChI=1S/C13H16F3NOS/c1-2-5-17-12-8-19-7-9-3-4-10(6-11(9)12)18-13(14,15)16/h3-4,6,12,17H,2,5,7-8H2,1H3. The second-order valence-corrected chi connectivity index (χ2v) is 5.46. The van der Waals surface area contributed by atoms with Gasteiger partial charge in [-0.05, 0) is 36.2 Å². The van der Waals surface area contributed by atoms with E-state index in [0.29, 0.717) is 0 Å². The molecule has 0 amide bonds. The van der Waals surface area contributed by atoms with Crippen molar-refractivity contribution in [2.45, 2.75) is 31.5 Å². The summed E-state index contributed by atoms with van der Waals surface area (Å²) >= 11 is 1.79. The molecule has 1 N–H and O–H groups in total. The highest BCUT2D eigenvalue weighted by Crippen LogP contribution is 2.35. The Morgan fingerprint density at radius 2 is 2.21 bits per heavy atom. The van der Waals surface area contributed by atoms with Crippen LogP contribution in [0.15, 0.2) is 18.2 Å². The summed E-state index contributed by atoms with van der Waals surface area (Å²) < 4.78 is 40.7. The molecule has 0 fully saturated rings. The highest BCUT2D eigenvalue weighted by molar-refractivity contribution is 7.98. The summed E-state index contributed by atoms with van der Waals surface area (Å²) in [5.41, 5.74) is 2.01. The summed E-state index contributed by atoms with van der Waals surface area (Å²) in [6.45, 7) is 2.92. The number of nitrogens with one attached hydrogen (secondary N) is 1. The van der Waals surface area contributed by atoms with Crippen molar-refractivity contribution < 1.29 is 17.9 Å². The third-order valence-corrected chi connectivity index (χ3v) is 3.99. The van der Waals surface area contributed by atoms with Crippen molar-refractivity contribution in [3.05, 3.63) is 29.3 Å². The molecule has 0 radical (unpaired) electrons. The molecule has 1 aromatic carbocycles. The number of benzene rings is 1. The van der Waals surface area contributed by atoms with Crippen LogP contribution in [0.2, 0.25) is 0 Å². The smallest absolute Gasteiger partial charge is 0.406 e. The maximum atomic E-state index is 12.2. The normalized spacial score (nSPS) is 19.1. The predicted molar refractivity (Wildman–Crippen MR) is 70.3 cm³/mol. The van der Waals surface area contributed by atoms with E-state index in [4.69, 9.17) is 0 Å². The summed E-state index contributed by atoms with van der Waals surface area (Å²) in [4.78, 5) is 0. The molecule has 6 heteroatoms. The Kier molecular flexibility index (Phi) is 4.62. The number of fused-ring (bicyclic) bond motifs is 1. The van der Waals surface area contributed by atoms with Gasteiger partial charge in [0.25, 0.3) is 0 Å². The van der Waals surface area contributed by atoms with Crippen molar-refractivity contribution >= 4 is 11.8 Å². The van der Waals surface area contributed by atoms with Crippen LogP contribution in [0.25, 0.3) is 0 Å². The summed E-state index contributed by atoms with van der Waals surface area (Å²) in [7, 11) is 0. The second kappa shape index (κ2) is 6.05. The fourth-order valence-corrected chi connectivity index (χ4v) is 3.22. The minimum atomic E-state index is -4.63. The van der Waals surface area contributed by atoms with E-state index >= 15 is 0 Å². The molecule has 2 nitrogen and oxygen atoms in total. The molecule has 2 rings (SSSR count). The van der Waals surface area contributed by atoms with Crippen LogP contribution in [0.3, 0.4) is 0 Å². The van der Waals surface area contributed by atoms with Gasteiger partial charge < -0.3 is 10.1 Å². The van der Waals surface area contributed by atoms with Gasteiger partial charge in [0.15, 0.2) is 0 Å². The van der Waals surface area contributed by atoms with Gasteiger partial charge in [0.1, 0.15) is 5.75 Å². The third kappa shape index (κ3) is 4.04. The Balaban J connectivity index is 2.20. The van der Waals surface area contributed by atoms with Gasteiger partial charge in [0, 0.05) is 17.5 Å². The quantitative estimate of drug-likeness (QED) is 0.910. The van der Waals surface area contributed by atoms with Gasteiger partial charge in [-0.2, -0.15) is 11.8 Å². The lowest BCUT2D eigenvalue weighted by Crippen LogP contribution is -2.27. The van der Waals surface area contributed by atoms with Crippen molar-refractivity contribution in [1.82, 2.24) is 5.32 Å². The molecule has 1 heterocycles. The van der Waals surface area contributed by atoms with Crippen LogP contribution in [-0.2, 0) is 5.75 Å². The molecule has 0 saturated heterocycles. The van der Waals surface area contributed by atoms with E-state index in [1.54, 1.807) is 17.8 Å². The molecule has 0 aromatic heterocycles. The van der Waals surface area contributed by atoms with Gasteiger partial charge in [0.2, 0.25) is 0 Å². The zero-order valence-electron chi connectivity index (χ0n) is 10.6. The molecule has 1 unspecified atom stereocenters. The molecule has 0 bridgehead atoms. The lowest BCUT2D eigenvalue weighted by atomic mass is 10.0. The monoisotopic (exact) mass is 291 g/mol. The molecule has 19 heavy (non-hydrogen) atoms. The molecule has 1 atom stereocenters.